The normalized spacial score (nSPS) is 21.4. The average Bonchev–Trinajstić information content (AvgIpc) is 3.03. The summed E-state index contributed by atoms with van der Waals surface area (Å²) >= 11 is 1.56. The summed E-state index contributed by atoms with van der Waals surface area (Å²) < 4.78 is 0. The third kappa shape index (κ3) is 3.81. The molecule has 132 valence electrons. The first kappa shape index (κ1) is 17.4. The van der Waals surface area contributed by atoms with Crippen LogP contribution in [-0.2, 0) is 17.8 Å². The number of fused-ring (bicyclic) bond motifs is 1. The Hall–Kier alpha value is -1.40. The number of amides is 2. The summed E-state index contributed by atoms with van der Waals surface area (Å²) in [6, 6.07) is 2.51. The van der Waals surface area contributed by atoms with Crippen molar-refractivity contribution < 1.29 is 9.59 Å². The first-order chi connectivity index (χ1) is 11.6. The predicted octanol–water partition coefficient (Wildman–Crippen LogP) is 2.26. The smallest absolute Gasteiger partial charge is 0.261 e. The quantitative estimate of drug-likeness (QED) is 0.907. The number of rotatable bonds is 4. The van der Waals surface area contributed by atoms with Crippen molar-refractivity contribution in [3.8, 4) is 0 Å². The zero-order valence-corrected chi connectivity index (χ0v) is 15.5. The predicted molar refractivity (Wildman–Crippen MR) is 96.3 cm³/mol. The lowest BCUT2D eigenvalue weighted by Crippen LogP contribution is -2.39. The Morgan fingerprint density at radius 1 is 1.33 bits per heavy atom. The molecule has 1 saturated heterocycles. The van der Waals surface area contributed by atoms with Crippen molar-refractivity contribution in [1.82, 2.24) is 15.1 Å². The monoisotopic (exact) mass is 349 g/mol. The highest BCUT2D eigenvalue weighted by molar-refractivity contribution is 7.14. The minimum atomic E-state index is -0.0346. The van der Waals surface area contributed by atoms with Crippen LogP contribution in [0.2, 0.25) is 0 Å². The van der Waals surface area contributed by atoms with Gasteiger partial charge in [-0.05, 0) is 50.9 Å². The lowest BCUT2D eigenvalue weighted by atomic mass is 9.98. The average molecular weight is 350 g/mol. The van der Waals surface area contributed by atoms with Crippen molar-refractivity contribution in [2.75, 3.05) is 27.2 Å². The molecule has 0 spiro atoms. The van der Waals surface area contributed by atoms with Gasteiger partial charge in [0.2, 0.25) is 5.91 Å². The van der Waals surface area contributed by atoms with Gasteiger partial charge in [-0.2, -0.15) is 0 Å². The molecule has 1 aromatic rings. The number of thiophene rings is 1. The fourth-order valence-corrected chi connectivity index (χ4v) is 4.85. The van der Waals surface area contributed by atoms with Gasteiger partial charge < -0.3 is 15.1 Å². The number of nitrogens with one attached hydrogen (secondary N) is 1. The molecule has 2 amide bonds. The number of carbonyl (C=O) groups is 2. The molecule has 24 heavy (non-hydrogen) atoms. The van der Waals surface area contributed by atoms with E-state index < -0.39 is 0 Å². The van der Waals surface area contributed by atoms with Crippen molar-refractivity contribution in [3.05, 3.63) is 21.4 Å². The molecule has 0 aromatic carbocycles. The molecule has 0 radical (unpaired) electrons. The molecule has 3 rings (SSSR count). The van der Waals surface area contributed by atoms with Crippen LogP contribution in [0.15, 0.2) is 6.07 Å². The van der Waals surface area contributed by atoms with E-state index in [2.05, 4.69) is 17.3 Å². The summed E-state index contributed by atoms with van der Waals surface area (Å²) in [5.74, 6) is 0.222. The van der Waals surface area contributed by atoms with Gasteiger partial charge in [-0.1, -0.05) is 6.42 Å². The van der Waals surface area contributed by atoms with E-state index in [0.717, 1.165) is 36.4 Å². The Kier molecular flexibility index (Phi) is 5.56. The Balaban J connectivity index is 1.55. The summed E-state index contributed by atoms with van der Waals surface area (Å²) in [4.78, 5) is 30.7. The zero-order chi connectivity index (χ0) is 17.1. The van der Waals surface area contributed by atoms with Crippen LogP contribution >= 0.6 is 11.3 Å². The summed E-state index contributed by atoms with van der Waals surface area (Å²) in [5, 5.41) is 2.67. The molecule has 1 fully saturated rings. The Morgan fingerprint density at radius 2 is 2.17 bits per heavy atom. The van der Waals surface area contributed by atoms with E-state index in [4.69, 9.17) is 0 Å². The summed E-state index contributed by atoms with van der Waals surface area (Å²) in [6.07, 6.45) is 6.25. The van der Waals surface area contributed by atoms with Crippen LogP contribution in [0.5, 0.6) is 0 Å². The minimum absolute atomic E-state index is 0.0346. The fraction of sp³-hybridized carbons (Fsp3) is 0.667. The van der Waals surface area contributed by atoms with Crippen molar-refractivity contribution in [2.45, 2.75) is 51.1 Å². The van der Waals surface area contributed by atoms with E-state index in [1.807, 2.05) is 11.0 Å². The Bertz CT molecular complexity index is 613. The van der Waals surface area contributed by atoms with Gasteiger partial charge in [-0.15, -0.1) is 11.3 Å². The van der Waals surface area contributed by atoms with Gasteiger partial charge in [0, 0.05) is 37.5 Å². The van der Waals surface area contributed by atoms with Gasteiger partial charge in [0.1, 0.15) is 0 Å². The number of likely N-dealkylation sites (tertiary alicyclic amines) is 1. The van der Waals surface area contributed by atoms with E-state index in [-0.39, 0.29) is 11.8 Å². The fourth-order valence-electron chi connectivity index (χ4n) is 3.74. The van der Waals surface area contributed by atoms with Gasteiger partial charge in [0.05, 0.1) is 4.88 Å². The summed E-state index contributed by atoms with van der Waals surface area (Å²) in [7, 11) is 3.83. The van der Waals surface area contributed by atoms with Crippen molar-refractivity contribution >= 4 is 23.2 Å². The molecule has 6 heteroatoms. The molecule has 0 aliphatic carbocycles. The molecule has 0 unspecified atom stereocenters. The Morgan fingerprint density at radius 3 is 2.92 bits per heavy atom. The first-order valence-corrected chi connectivity index (χ1v) is 9.72. The maximum Gasteiger partial charge on any atom is 0.261 e. The van der Waals surface area contributed by atoms with Gasteiger partial charge in [0.25, 0.3) is 5.91 Å². The molecule has 1 aromatic heterocycles. The number of hydrogen-bond donors (Lipinski definition) is 1. The standard InChI is InChI=1S/C18H27N3O2S/c1-19-18(23)16-11-13-12-21(10-8-15(13)24-16)17(22)7-6-14-5-3-4-9-20(14)2/h11,14H,3-10,12H2,1-2H3,(H,19,23)/t14-/m0/s1. The van der Waals surface area contributed by atoms with E-state index in [9.17, 15) is 9.59 Å². The lowest BCUT2D eigenvalue weighted by molar-refractivity contribution is -0.132. The van der Waals surface area contributed by atoms with Crippen LogP contribution in [0.3, 0.4) is 0 Å². The molecule has 3 heterocycles. The lowest BCUT2D eigenvalue weighted by Gasteiger charge is -2.33. The van der Waals surface area contributed by atoms with Crippen molar-refractivity contribution in [1.29, 1.82) is 0 Å². The maximum absolute atomic E-state index is 12.6. The molecular weight excluding hydrogens is 322 g/mol. The SMILES string of the molecule is CNC(=O)c1cc2c(s1)CCN(C(=O)CC[C@@H]1CCCCN1C)C2. The van der Waals surface area contributed by atoms with Crippen molar-refractivity contribution in [3.63, 3.8) is 0 Å². The molecule has 1 atom stereocenters. The minimum Gasteiger partial charge on any atom is -0.354 e. The largest absolute Gasteiger partial charge is 0.354 e. The molecule has 2 aliphatic heterocycles. The van der Waals surface area contributed by atoms with Gasteiger partial charge in [-0.25, -0.2) is 0 Å². The second-order valence-electron chi connectivity index (χ2n) is 6.87. The van der Waals surface area contributed by atoms with Crippen LogP contribution < -0.4 is 5.32 Å². The second-order valence-corrected chi connectivity index (χ2v) is 8.01. The topological polar surface area (TPSA) is 52.7 Å². The molecule has 0 saturated carbocycles. The van der Waals surface area contributed by atoms with E-state index in [1.54, 1.807) is 18.4 Å². The van der Waals surface area contributed by atoms with Gasteiger partial charge >= 0.3 is 0 Å². The highest BCUT2D eigenvalue weighted by Crippen LogP contribution is 2.29. The number of hydrogen-bond acceptors (Lipinski definition) is 4. The van der Waals surface area contributed by atoms with Gasteiger partial charge in [0.15, 0.2) is 0 Å². The van der Waals surface area contributed by atoms with Crippen LogP contribution in [0.4, 0.5) is 0 Å². The molecule has 2 aliphatic rings. The van der Waals surface area contributed by atoms with Crippen LogP contribution in [0.25, 0.3) is 0 Å². The number of nitrogens with zero attached hydrogens (tertiary/aromatic N) is 2. The third-order valence-electron chi connectivity index (χ3n) is 5.28. The van der Waals surface area contributed by atoms with Crippen LogP contribution in [-0.4, -0.2) is 54.8 Å². The molecule has 1 N–H and O–H groups in total. The second kappa shape index (κ2) is 7.66. The summed E-state index contributed by atoms with van der Waals surface area (Å²) in [5.41, 5.74) is 1.15. The number of piperidine rings is 1. The van der Waals surface area contributed by atoms with E-state index in [0.29, 0.717) is 19.0 Å². The maximum atomic E-state index is 12.6. The molecule has 5 nitrogen and oxygen atoms in total. The molecular formula is C18H27N3O2S. The van der Waals surface area contributed by atoms with Crippen LogP contribution in [0.1, 0.15) is 52.2 Å². The zero-order valence-electron chi connectivity index (χ0n) is 14.6. The Labute approximate surface area is 148 Å². The molecule has 0 bridgehead atoms. The highest BCUT2D eigenvalue weighted by Gasteiger charge is 2.25. The highest BCUT2D eigenvalue weighted by atomic mass is 32.1. The third-order valence-corrected chi connectivity index (χ3v) is 6.52. The van der Waals surface area contributed by atoms with E-state index in [1.165, 1.54) is 24.1 Å². The van der Waals surface area contributed by atoms with Crippen molar-refractivity contribution in [2.24, 2.45) is 0 Å². The van der Waals surface area contributed by atoms with Gasteiger partial charge in [-0.3, -0.25) is 9.59 Å². The number of carbonyl (C=O) groups excluding carboxylic acids is 2. The van der Waals surface area contributed by atoms with E-state index >= 15 is 0 Å². The van der Waals surface area contributed by atoms with Crippen LogP contribution in [0, 0.1) is 0 Å². The first-order valence-electron chi connectivity index (χ1n) is 8.90. The summed E-state index contributed by atoms with van der Waals surface area (Å²) in [6.45, 7) is 2.59.